The number of benzene rings is 4. The molecule has 0 aliphatic carbocycles. The molecule has 0 amide bonds. The van der Waals surface area contributed by atoms with E-state index in [2.05, 4.69) is 27.4 Å². The second-order valence-electron chi connectivity index (χ2n) is 10.7. The predicted octanol–water partition coefficient (Wildman–Crippen LogP) is 10.7. The average molecular weight is 627 g/mol. The second-order valence-corrected chi connectivity index (χ2v) is 10.7. The minimum absolute atomic E-state index is 0.0372. The van der Waals surface area contributed by atoms with E-state index < -0.39 is 34.9 Å². The molecule has 0 saturated carbocycles. The highest BCUT2D eigenvalue weighted by atomic mass is 19.3. The van der Waals surface area contributed by atoms with Crippen LogP contribution < -0.4 is 4.74 Å². The number of aromatic nitrogens is 2. The normalized spacial score (nSPS) is 11.6. The molecule has 0 radical (unpaired) electrons. The van der Waals surface area contributed by atoms with E-state index in [1.54, 1.807) is 12.1 Å². The molecule has 0 aliphatic heterocycles. The first-order chi connectivity index (χ1) is 22.2. The topological polar surface area (TPSA) is 35.0 Å². The van der Waals surface area contributed by atoms with Crippen molar-refractivity contribution in [2.24, 2.45) is 0 Å². The van der Waals surface area contributed by atoms with Crippen LogP contribution in [0.25, 0.3) is 33.6 Å². The summed E-state index contributed by atoms with van der Waals surface area (Å²) in [6, 6.07) is 18.0. The van der Waals surface area contributed by atoms with Crippen molar-refractivity contribution < 1.29 is 26.7 Å². The van der Waals surface area contributed by atoms with Crippen molar-refractivity contribution in [3.8, 4) is 39.4 Å². The van der Waals surface area contributed by atoms with Gasteiger partial charge in [-0.05, 0) is 84.7 Å². The van der Waals surface area contributed by atoms with Gasteiger partial charge < -0.3 is 4.74 Å². The van der Waals surface area contributed by atoms with E-state index in [0.29, 0.717) is 29.8 Å². The lowest BCUT2D eigenvalue weighted by molar-refractivity contribution is -0.187. The Morgan fingerprint density at radius 1 is 0.717 bits per heavy atom. The minimum Gasteiger partial charge on any atom is -0.429 e. The molecule has 8 heteroatoms. The number of hydrogen-bond donors (Lipinski definition) is 0. The van der Waals surface area contributed by atoms with Gasteiger partial charge >= 0.3 is 6.11 Å². The van der Waals surface area contributed by atoms with Crippen LogP contribution in [0.4, 0.5) is 22.0 Å². The average Bonchev–Trinajstić information content (AvgIpc) is 3.04. The highest BCUT2D eigenvalue weighted by Crippen LogP contribution is 2.36. The lowest BCUT2D eigenvalue weighted by Crippen LogP contribution is -2.23. The molecule has 1 heterocycles. The van der Waals surface area contributed by atoms with Gasteiger partial charge in [0.2, 0.25) is 0 Å². The van der Waals surface area contributed by atoms with Crippen molar-refractivity contribution in [1.29, 1.82) is 0 Å². The van der Waals surface area contributed by atoms with Gasteiger partial charge in [0.25, 0.3) is 0 Å². The maximum absolute atomic E-state index is 15.3. The molecule has 1 aromatic heterocycles. The van der Waals surface area contributed by atoms with Crippen LogP contribution in [0.15, 0.2) is 116 Å². The van der Waals surface area contributed by atoms with Gasteiger partial charge in [0.05, 0.1) is 5.56 Å². The highest BCUT2D eigenvalue weighted by molar-refractivity contribution is 5.72. The number of hydrogen-bond acceptors (Lipinski definition) is 3. The molecule has 0 saturated heterocycles. The lowest BCUT2D eigenvalue weighted by Gasteiger charge is -2.20. The first-order valence-corrected chi connectivity index (χ1v) is 14.8. The van der Waals surface area contributed by atoms with Crippen LogP contribution in [0.5, 0.6) is 5.75 Å². The first-order valence-electron chi connectivity index (χ1n) is 14.8. The Morgan fingerprint density at radius 3 is 2.04 bits per heavy atom. The summed E-state index contributed by atoms with van der Waals surface area (Å²) in [5, 5.41) is 0. The number of alkyl halides is 2. The first kappa shape index (κ1) is 32.3. The second kappa shape index (κ2) is 14.3. The molecule has 4 aromatic carbocycles. The summed E-state index contributed by atoms with van der Waals surface area (Å²) in [4.78, 5) is 8.91. The summed E-state index contributed by atoms with van der Waals surface area (Å²) in [5.74, 6) is -2.54. The number of rotatable bonds is 12. The molecule has 46 heavy (non-hydrogen) atoms. The van der Waals surface area contributed by atoms with Crippen LogP contribution in [0, 0.1) is 17.5 Å². The van der Waals surface area contributed by atoms with Crippen LogP contribution in [0.2, 0.25) is 0 Å². The summed E-state index contributed by atoms with van der Waals surface area (Å²) in [6.45, 7) is 5.55. The molecule has 0 aliphatic rings. The van der Waals surface area contributed by atoms with E-state index in [4.69, 9.17) is 0 Å². The van der Waals surface area contributed by atoms with Gasteiger partial charge in [0.1, 0.15) is 23.2 Å². The zero-order valence-corrected chi connectivity index (χ0v) is 25.1. The lowest BCUT2D eigenvalue weighted by atomic mass is 9.98. The molecule has 5 rings (SSSR count). The maximum Gasteiger partial charge on any atom is 0.429 e. The zero-order valence-electron chi connectivity index (χ0n) is 25.1. The fourth-order valence-corrected chi connectivity index (χ4v) is 4.96. The maximum atomic E-state index is 15.3. The fourth-order valence-electron chi connectivity index (χ4n) is 4.96. The number of aryl methyl sites for hydroxylation is 2. The van der Waals surface area contributed by atoms with E-state index in [0.717, 1.165) is 47.7 Å². The molecule has 3 nitrogen and oxygen atoms in total. The van der Waals surface area contributed by atoms with Crippen molar-refractivity contribution in [1.82, 2.24) is 9.97 Å². The Morgan fingerprint density at radius 2 is 1.39 bits per heavy atom. The smallest absolute Gasteiger partial charge is 0.429 e. The van der Waals surface area contributed by atoms with Gasteiger partial charge in [-0.1, -0.05) is 66.8 Å². The summed E-state index contributed by atoms with van der Waals surface area (Å²) < 4.78 is 79.1. The van der Waals surface area contributed by atoms with Crippen LogP contribution >= 0.6 is 0 Å². The van der Waals surface area contributed by atoms with Crippen LogP contribution in [-0.4, -0.2) is 9.97 Å². The molecular formula is C38H31F5N2O. The minimum atomic E-state index is -4.11. The third-order valence-electron chi connectivity index (χ3n) is 7.47. The van der Waals surface area contributed by atoms with Gasteiger partial charge in [-0.2, -0.15) is 8.78 Å². The summed E-state index contributed by atoms with van der Waals surface area (Å²) in [7, 11) is 0. The van der Waals surface area contributed by atoms with Crippen LogP contribution in [0.3, 0.4) is 0 Å². The fraction of sp³-hybridized carbons (Fsp3) is 0.158. The van der Waals surface area contributed by atoms with Crippen molar-refractivity contribution >= 4 is 0 Å². The summed E-state index contributed by atoms with van der Waals surface area (Å²) in [6.07, 6.45) is 7.88. The van der Waals surface area contributed by atoms with Crippen molar-refractivity contribution in [3.63, 3.8) is 0 Å². The van der Waals surface area contributed by atoms with E-state index >= 15 is 4.39 Å². The summed E-state index contributed by atoms with van der Waals surface area (Å²) >= 11 is 0. The molecule has 0 spiro atoms. The number of allylic oxidation sites excluding steroid dienone is 3. The van der Waals surface area contributed by atoms with Gasteiger partial charge in [-0.15, -0.1) is 6.58 Å². The third-order valence-corrected chi connectivity index (χ3v) is 7.47. The SMILES string of the molecule is C=CCCc1ccc(OC(F)(F)c2ccc(-c3ccc(-c4ccc(-c5ncc(CCC=CC)cn5)cc4)cc3F)cc2F)cc1F. The van der Waals surface area contributed by atoms with Crippen molar-refractivity contribution in [2.75, 3.05) is 0 Å². The van der Waals surface area contributed by atoms with Gasteiger partial charge in [0, 0.05) is 29.6 Å². The molecular weight excluding hydrogens is 595 g/mol. The Labute approximate surface area is 264 Å². The molecule has 0 N–H and O–H groups in total. The van der Waals surface area contributed by atoms with Gasteiger partial charge in [-0.25, -0.2) is 23.1 Å². The number of nitrogens with zero attached hydrogens (tertiary/aromatic N) is 2. The Hall–Kier alpha value is -5.11. The molecule has 0 unspecified atom stereocenters. The predicted molar refractivity (Wildman–Crippen MR) is 171 cm³/mol. The summed E-state index contributed by atoms with van der Waals surface area (Å²) in [5.41, 5.74) is 2.54. The molecule has 234 valence electrons. The number of ether oxygens (including phenoxy) is 1. The number of halogens is 5. The van der Waals surface area contributed by atoms with Crippen LogP contribution in [-0.2, 0) is 19.0 Å². The van der Waals surface area contributed by atoms with Gasteiger partial charge in [0.15, 0.2) is 5.82 Å². The van der Waals surface area contributed by atoms with Crippen molar-refractivity contribution in [2.45, 2.75) is 38.7 Å². The third kappa shape index (κ3) is 7.57. The molecule has 0 bridgehead atoms. The molecule has 5 aromatic rings. The van der Waals surface area contributed by atoms with E-state index in [-0.39, 0.29) is 11.1 Å². The Balaban J connectivity index is 1.29. The zero-order chi connectivity index (χ0) is 32.7. The molecule has 0 fully saturated rings. The molecule has 0 atom stereocenters. The quantitative estimate of drug-likeness (QED) is 0.102. The highest BCUT2D eigenvalue weighted by Gasteiger charge is 2.38. The van der Waals surface area contributed by atoms with Crippen molar-refractivity contribution in [3.05, 3.63) is 150 Å². The van der Waals surface area contributed by atoms with E-state index in [9.17, 15) is 17.6 Å². The Kier molecular flexibility index (Phi) is 10.1. The van der Waals surface area contributed by atoms with E-state index in [1.165, 1.54) is 30.3 Å². The standard InChI is InChI=1S/C38H31F5N2O/c1-3-5-7-8-25-23-44-37(45-24-25)28-12-10-26(11-13-28)29-15-18-32(35(40)20-29)30-16-19-33(36(41)21-30)38(42,43)46-31-17-14-27(9-6-4-2)34(39)22-31/h3-5,10-24H,2,6-9H2,1H3. The van der Waals surface area contributed by atoms with Crippen LogP contribution in [0.1, 0.15) is 36.5 Å². The Bertz CT molecular complexity index is 1850. The van der Waals surface area contributed by atoms with E-state index in [1.807, 2.05) is 49.7 Å². The van der Waals surface area contributed by atoms with Gasteiger partial charge in [-0.3, -0.25) is 0 Å². The monoisotopic (exact) mass is 626 g/mol. The largest absolute Gasteiger partial charge is 0.429 e.